The third-order valence-electron chi connectivity index (χ3n) is 7.72. The van der Waals surface area contributed by atoms with Crippen LogP contribution in [0.5, 0.6) is 0 Å². The molecule has 1 aliphatic carbocycles. The number of nitrogens with zero attached hydrogens (tertiary/aromatic N) is 3. The number of aromatic nitrogens is 1. The number of carbonyl (C=O) groups excluding carboxylic acids is 2. The Bertz CT molecular complexity index is 1220. The van der Waals surface area contributed by atoms with Crippen molar-refractivity contribution in [1.29, 1.82) is 0 Å². The van der Waals surface area contributed by atoms with E-state index in [1.165, 1.54) is 23.8 Å². The number of benzene rings is 1. The van der Waals surface area contributed by atoms with Crippen LogP contribution in [0.1, 0.15) is 64.9 Å². The molecule has 0 radical (unpaired) electrons. The van der Waals surface area contributed by atoms with Crippen molar-refractivity contribution >= 4 is 45.9 Å². The average molecular weight is 627 g/mol. The summed E-state index contributed by atoms with van der Waals surface area (Å²) in [6.07, 6.45) is 3.96. The van der Waals surface area contributed by atoms with Gasteiger partial charge in [-0.05, 0) is 84.9 Å². The van der Waals surface area contributed by atoms with Gasteiger partial charge in [-0.3, -0.25) is 20.4 Å². The van der Waals surface area contributed by atoms with Gasteiger partial charge in [-0.1, -0.05) is 0 Å². The van der Waals surface area contributed by atoms with Crippen LogP contribution in [-0.2, 0) is 0 Å². The van der Waals surface area contributed by atoms with Crippen molar-refractivity contribution in [3.63, 3.8) is 0 Å². The van der Waals surface area contributed by atoms with Crippen LogP contribution in [0.25, 0.3) is 0 Å². The zero-order chi connectivity index (χ0) is 26.4. The van der Waals surface area contributed by atoms with Crippen LogP contribution in [0.3, 0.4) is 0 Å². The summed E-state index contributed by atoms with van der Waals surface area (Å²) in [5.41, 5.74) is 6.51. The Morgan fingerprint density at radius 2 is 1.49 bits per heavy atom. The van der Waals surface area contributed by atoms with Gasteiger partial charge in [-0.15, -0.1) is 0 Å². The first kappa shape index (κ1) is 26.1. The number of anilines is 2. The Balaban J connectivity index is 1.28. The van der Waals surface area contributed by atoms with Crippen molar-refractivity contribution in [2.45, 2.75) is 51.4 Å². The molecule has 2 saturated heterocycles. The first-order valence-electron chi connectivity index (χ1n) is 12.5. The van der Waals surface area contributed by atoms with Crippen LogP contribution >= 0.6 is 22.6 Å². The molecule has 1 spiro atoms. The van der Waals surface area contributed by atoms with E-state index in [2.05, 4.69) is 43.3 Å². The molecule has 11 heteroatoms. The van der Waals surface area contributed by atoms with Crippen molar-refractivity contribution in [2.24, 2.45) is 5.41 Å². The number of halogens is 4. The number of amides is 2. The summed E-state index contributed by atoms with van der Waals surface area (Å²) in [4.78, 5) is 33.7. The number of piperidine rings is 2. The fourth-order valence-corrected chi connectivity index (χ4v) is 5.64. The van der Waals surface area contributed by atoms with Crippen LogP contribution < -0.4 is 20.7 Å². The molecule has 3 fully saturated rings. The van der Waals surface area contributed by atoms with E-state index < -0.39 is 36.4 Å². The number of nitrogens with one attached hydrogen (secondary N) is 2. The Kier molecular flexibility index (Phi) is 7.01. The second-order valence-electron chi connectivity index (χ2n) is 10.3. The molecule has 37 heavy (non-hydrogen) atoms. The Labute approximate surface area is 227 Å². The van der Waals surface area contributed by atoms with Gasteiger partial charge in [0.05, 0.1) is 16.8 Å². The van der Waals surface area contributed by atoms with Gasteiger partial charge in [0, 0.05) is 48.3 Å². The number of hydrazine groups is 1. The van der Waals surface area contributed by atoms with Crippen molar-refractivity contribution < 1.29 is 22.8 Å². The highest BCUT2D eigenvalue weighted by Crippen LogP contribution is 2.54. The minimum Gasteiger partial charge on any atom is -0.371 e. The highest BCUT2D eigenvalue weighted by atomic mass is 127. The molecule has 2 aliphatic heterocycles. The maximum absolute atomic E-state index is 15.3. The molecule has 1 aromatic heterocycles. The van der Waals surface area contributed by atoms with Crippen molar-refractivity contribution in [2.75, 3.05) is 36.0 Å². The maximum Gasteiger partial charge on any atom is 0.272 e. The van der Waals surface area contributed by atoms with E-state index in [1.54, 1.807) is 13.0 Å². The quantitative estimate of drug-likeness (QED) is 0.376. The highest BCUT2D eigenvalue weighted by molar-refractivity contribution is 14.1. The van der Waals surface area contributed by atoms with Crippen LogP contribution in [0.2, 0.25) is 0 Å². The molecule has 198 valence electrons. The molecule has 2 N–H and O–H groups in total. The minimum atomic E-state index is -2.79. The summed E-state index contributed by atoms with van der Waals surface area (Å²) in [5, 5.41) is 0. The Morgan fingerprint density at radius 3 is 2.11 bits per heavy atom. The predicted molar refractivity (Wildman–Crippen MR) is 143 cm³/mol. The van der Waals surface area contributed by atoms with Gasteiger partial charge < -0.3 is 9.80 Å². The lowest BCUT2D eigenvalue weighted by molar-refractivity contribution is -0.0222. The van der Waals surface area contributed by atoms with E-state index in [1.807, 2.05) is 12.1 Å². The minimum absolute atomic E-state index is 0.0641. The normalized spacial score (nSPS) is 20.0. The first-order valence-corrected chi connectivity index (χ1v) is 13.6. The summed E-state index contributed by atoms with van der Waals surface area (Å²) in [6, 6.07) is 6.79. The SMILES string of the molecule is Cc1cc(C(=O)NNC(=O)c2ccc(I)cc2N2CCC3(CC2)CC3)c(F)c(N2CCC(F)(F)CC2)n1. The summed E-state index contributed by atoms with van der Waals surface area (Å²) in [7, 11) is 0. The number of pyridine rings is 1. The fourth-order valence-electron chi connectivity index (χ4n) is 5.17. The largest absolute Gasteiger partial charge is 0.371 e. The summed E-state index contributed by atoms with van der Waals surface area (Å²) >= 11 is 2.21. The third kappa shape index (κ3) is 5.65. The van der Waals surface area contributed by atoms with Gasteiger partial charge in [-0.25, -0.2) is 18.2 Å². The third-order valence-corrected chi connectivity index (χ3v) is 8.39. The molecule has 7 nitrogen and oxygen atoms in total. The number of rotatable bonds is 4. The summed E-state index contributed by atoms with van der Waals surface area (Å²) < 4.78 is 43.4. The van der Waals surface area contributed by atoms with E-state index in [-0.39, 0.29) is 24.5 Å². The number of aryl methyl sites for hydroxylation is 1. The summed E-state index contributed by atoms with van der Waals surface area (Å²) in [6.45, 7) is 3.22. The van der Waals surface area contributed by atoms with E-state index >= 15 is 4.39 Å². The number of hydrogen-bond donors (Lipinski definition) is 2. The molecule has 1 saturated carbocycles. The number of alkyl halides is 2. The highest BCUT2D eigenvalue weighted by Gasteiger charge is 2.44. The van der Waals surface area contributed by atoms with Crippen LogP contribution in [0, 0.1) is 21.7 Å². The maximum atomic E-state index is 15.3. The molecular weight excluding hydrogens is 598 g/mol. The lowest BCUT2D eigenvalue weighted by Gasteiger charge is -2.35. The molecule has 0 bridgehead atoms. The standard InChI is InChI=1S/C26H29F3IN5O2/c1-16-14-19(21(27)22(31-16)35-12-8-26(28,29)9-13-35)24(37)33-32-23(36)18-3-2-17(30)15-20(18)34-10-6-25(4-5-25)7-11-34/h2-3,14-15H,4-13H2,1H3,(H,32,36)(H,33,37). The second-order valence-corrected chi connectivity index (χ2v) is 11.6. The lowest BCUT2D eigenvalue weighted by Crippen LogP contribution is -2.43. The molecule has 0 atom stereocenters. The lowest BCUT2D eigenvalue weighted by atomic mass is 9.93. The van der Waals surface area contributed by atoms with Crippen LogP contribution in [0.15, 0.2) is 24.3 Å². The molecular formula is C26H29F3IN5O2. The predicted octanol–water partition coefficient (Wildman–Crippen LogP) is 4.82. The van der Waals surface area contributed by atoms with Gasteiger partial charge in [0.1, 0.15) is 0 Å². The van der Waals surface area contributed by atoms with E-state index in [0.717, 1.165) is 35.2 Å². The first-order chi connectivity index (χ1) is 17.6. The van der Waals surface area contributed by atoms with Gasteiger partial charge in [0.25, 0.3) is 17.7 Å². The number of hydrogen-bond acceptors (Lipinski definition) is 5. The molecule has 3 aliphatic rings. The monoisotopic (exact) mass is 627 g/mol. The van der Waals surface area contributed by atoms with Crippen molar-refractivity contribution in [3.05, 3.63) is 50.5 Å². The summed E-state index contributed by atoms with van der Waals surface area (Å²) in [5.74, 6) is -5.18. The van der Waals surface area contributed by atoms with Gasteiger partial charge in [0.15, 0.2) is 11.6 Å². The fraction of sp³-hybridized carbons (Fsp3) is 0.500. The topological polar surface area (TPSA) is 77.6 Å². The van der Waals surface area contributed by atoms with Crippen molar-refractivity contribution in [1.82, 2.24) is 15.8 Å². The van der Waals surface area contributed by atoms with Gasteiger partial charge in [-0.2, -0.15) is 0 Å². The van der Waals surface area contributed by atoms with E-state index in [0.29, 0.717) is 16.7 Å². The molecule has 1 aromatic carbocycles. The zero-order valence-electron chi connectivity index (χ0n) is 20.6. The Morgan fingerprint density at radius 1 is 0.892 bits per heavy atom. The zero-order valence-corrected chi connectivity index (χ0v) is 22.7. The number of carbonyl (C=O) groups is 2. The van der Waals surface area contributed by atoms with Crippen molar-refractivity contribution in [3.8, 4) is 0 Å². The van der Waals surface area contributed by atoms with Gasteiger partial charge in [0.2, 0.25) is 0 Å². The average Bonchev–Trinajstić information content (AvgIpc) is 3.62. The molecule has 2 aromatic rings. The van der Waals surface area contributed by atoms with Crippen LogP contribution in [0.4, 0.5) is 24.7 Å². The molecule has 2 amide bonds. The van der Waals surface area contributed by atoms with Crippen LogP contribution in [-0.4, -0.2) is 48.9 Å². The van der Waals surface area contributed by atoms with E-state index in [9.17, 15) is 18.4 Å². The molecule has 0 unspecified atom stereocenters. The van der Waals surface area contributed by atoms with E-state index in [4.69, 9.17) is 0 Å². The molecule has 3 heterocycles. The smallest absolute Gasteiger partial charge is 0.272 e. The second kappa shape index (κ2) is 9.95. The van der Waals surface area contributed by atoms with Gasteiger partial charge >= 0.3 is 0 Å². The molecule has 5 rings (SSSR count). The Hall–Kier alpha value is -2.57.